The van der Waals surface area contributed by atoms with E-state index in [1.165, 1.54) is 19.3 Å². The largest absolute Gasteiger partial charge is 0.477 e. The molecular formula is C11H16N2O3. The Kier molecular flexibility index (Phi) is 3.22. The van der Waals surface area contributed by atoms with Crippen LogP contribution in [0.2, 0.25) is 0 Å². The van der Waals surface area contributed by atoms with Crippen LogP contribution in [0.3, 0.4) is 0 Å². The van der Waals surface area contributed by atoms with Crippen LogP contribution in [0.4, 0.5) is 4.79 Å². The predicted molar refractivity (Wildman–Crippen MR) is 58.6 cm³/mol. The topological polar surface area (TPSA) is 78.8 Å². The number of amides is 2. The van der Waals surface area contributed by atoms with Gasteiger partial charge < -0.3 is 10.4 Å². The van der Waals surface area contributed by atoms with Gasteiger partial charge in [0.2, 0.25) is 0 Å². The molecule has 1 saturated carbocycles. The number of nitrogens with zero attached hydrogens (tertiary/aromatic N) is 1. The predicted octanol–water partition coefficient (Wildman–Crippen LogP) is 1.57. The van der Waals surface area contributed by atoms with Gasteiger partial charge in [-0.3, -0.25) is 0 Å². The summed E-state index contributed by atoms with van der Waals surface area (Å²) < 4.78 is 0. The molecule has 0 aromatic carbocycles. The van der Waals surface area contributed by atoms with E-state index in [1.807, 2.05) is 0 Å². The summed E-state index contributed by atoms with van der Waals surface area (Å²) in [5.41, 5.74) is -0.000626. The fourth-order valence-electron chi connectivity index (χ4n) is 2.57. The second-order valence-electron chi connectivity index (χ2n) is 4.52. The van der Waals surface area contributed by atoms with Crippen molar-refractivity contribution in [2.75, 3.05) is 0 Å². The normalized spacial score (nSPS) is 27.1. The fourth-order valence-corrected chi connectivity index (χ4v) is 2.57. The Bertz CT molecular complexity index is 332. The van der Waals surface area contributed by atoms with Crippen LogP contribution in [0.15, 0.2) is 4.99 Å². The highest BCUT2D eigenvalue weighted by Gasteiger charge is 2.31. The summed E-state index contributed by atoms with van der Waals surface area (Å²) in [4.78, 5) is 25.6. The number of rotatable bonds is 2. The van der Waals surface area contributed by atoms with Crippen molar-refractivity contribution in [3.63, 3.8) is 0 Å². The maximum absolute atomic E-state index is 11.3. The summed E-state index contributed by atoms with van der Waals surface area (Å²) in [6.07, 6.45) is 6.13. The number of aliphatic carboxylic acids is 1. The van der Waals surface area contributed by atoms with Gasteiger partial charge in [0.1, 0.15) is 5.71 Å². The van der Waals surface area contributed by atoms with E-state index in [1.54, 1.807) is 0 Å². The molecule has 0 bridgehead atoms. The lowest BCUT2D eigenvalue weighted by Crippen LogP contribution is -2.46. The highest BCUT2D eigenvalue weighted by Crippen LogP contribution is 2.28. The standard InChI is InChI=1S/C11H16N2O3/c14-10(15)9-6-8(12-11(16)13-9)7-4-2-1-3-5-7/h7-8H,1-6H2,(H,12,16)(H,14,15). The Morgan fingerprint density at radius 3 is 2.62 bits per heavy atom. The molecule has 2 aliphatic rings. The van der Waals surface area contributed by atoms with E-state index in [9.17, 15) is 9.59 Å². The first-order valence-corrected chi connectivity index (χ1v) is 5.78. The highest BCUT2D eigenvalue weighted by atomic mass is 16.4. The highest BCUT2D eigenvalue weighted by molar-refractivity contribution is 6.37. The number of aliphatic imine (C=N–C) groups is 1. The first-order chi connectivity index (χ1) is 7.66. The Labute approximate surface area is 93.9 Å². The zero-order valence-corrected chi connectivity index (χ0v) is 9.11. The molecule has 0 radical (unpaired) electrons. The summed E-state index contributed by atoms with van der Waals surface area (Å²) in [6.45, 7) is 0. The van der Waals surface area contributed by atoms with Gasteiger partial charge in [-0.2, -0.15) is 4.99 Å². The number of carbonyl (C=O) groups is 2. The van der Waals surface area contributed by atoms with Crippen molar-refractivity contribution in [2.24, 2.45) is 10.9 Å². The maximum Gasteiger partial charge on any atom is 0.350 e. The number of carbonyl (C=O) groups excluding carboxylic acids is 1. The van der Waals surface area contributed by atoms with Crippen molar-refractivity contribution < 1.29 is 14.7 Å². The van der Waals surface area contributed by atoms with Crippen LogP contribution in [0.1, 0.15) is 38.5 Å². The number of hydrogen-bond donors (Lipinski definition) is 2. The lowest BCUT2D eigenvalue weighted by atomic mass is 9.81. The molecule has 1 aliphatic heterocycles. The molecule has 1 aliphatic carbocycles. The summed E-state index contributed by atoms with van der Waals surface area (Å²) in [5.74, 6) is -0.654. The van der Waals surface area contributed by atoms with Crippen molar-refractivity contribution in [2.45, 2.75) is 44.6 Å². The smallest absolute Gasteiger partial charge is 0.350 e. The van der Waals surface area contributed by atoms with Gasteiger partial charge in [-0.15, -0.1) is 0 Å². The first-order valence-electron chi connectivity index (χ1n) is 5.78. The third-order valence-corrected chi connectivity index (χ3v) is 3.42. The quantitative estimate of drug-likeness (QED) is 0.747. The van der Waals surface area contributed by atoms with Crippen LogP contribution in [0, 0.1) is 5.92 Å². The fraction of sp³-hybridized carbons (Fsp3) is 0.727. The van der Waals surface area contributed by atoms with Crippen LogP contribution >= 0.6 is 0 Å². The molecule has 1 heterocycles. The van der Waals surface area contributed by atoms with Gasteiger partial charge in [0.05, 0.1) is 0 Å². The molecule has 1 fully saturated rings. The van der Waals surface area contributed by atoms with E-state index in [2.05, 4.69) is 10.3 Å². The third kappa shape index (κ3) is 2.40. The van der Waals surface area contributed by atoms with Gasteiger partial charge in [-0.1, -0.05) is 19.3 Å². The monoisotopic (exact) mass is 224 g/mol. The maximum atomic E-state index is 11.3. The molecule has 2 N–H and O–H groups in total. The van der Waals surface area contributed by atoms with E-state index in [0.717, 1.165) is 12.8 Å². The van der Waals surface area contributed by atoms with Gasteiger partial charge in [-0.05, 0) is 18.8 Å². The van der Waals surface area contributed by atoms with Crippen LogP contribution in [-0.2, 0) is 4.79 Å². The zero-order chi connectivity index (χ0) is 11.5. The van der Waals surface area contributed by atoms with Gasteiger partial charge in [0.25, 0.3) is 0 Å². The Hall–Kier alpha value is -1.39. The van der Waals surface area contributed by atoms with Crippen LogP contribution < -0.4 is 5.32 Å². The van der Waals surface area contributed by atoms with E-state index in [4.69, 9.17) is 5.11 Å². The van der Waals surface area contributed by atoms with Crippen molar-refractivity contribution in [1.29, 1.82) is 0 Å². The minimum Gasteiger partial charge on any atom is -0.477 e. The van der Waals surface area contributed by atoms with E-state index in [-0.39, 0.29) is 11.8 Å². The molecule has 0 saturated heterocycles. The molecule has 0 spiro atoms. The summed E-state index contributed by atoms with van der Waals surface area (Å²) in [7, 11) is 0. The molecular weight excluding hydrogens is 208 g/mol. The molecule has 16 heavy (non-hydrogen) atoms. The average Bonchev–Trinajstić information content (AvgIpc) is 2.29. The number of carboxylic acid groups (broad SMARTS) is 1. The number of nitrogens with one attached hydrogen (secondary N) is 1. The molecule has 1 unspecified atom stereocenters. The van der Waals surface area contributed by atoms with E-state index < -0.39 is 12.0 Å². The Morgan fingerprint density at radius 2 is 2.00 bits per heavy atom. The van der Waals surface area contributed by atoms with E-state index >= 15 is 0 Å². The molecule has 0 aromatic heterocycles. The molecule has 88 valence electrons. The van der Waals surface area contributed by atoms with Crippen molar-refractivity contribution in [1.82, 2.24) is 5.32 Å². The van der Waals surface area contributed by atoms with Crippen molar-refractivity contribution in [3.05, 3.63) is 0 Å². The van der Waals surface area contributed by atoms with Gasteiger partial charge in [-0.25, -0.2) is 9.59 Å². The van der Waals surface area contributed by atoms with Gasteiger partial charge in [0.15, 0.2) is 0 Å². The third-order valence-electron chi connectivity index (χ3n) is 3.42. The minimum atomic E-state index is -1.07. The molecule has 5 nitrogen and oxygen atoms in total. The second-order valence-corrected chi connectivity index (χ2v) is 4.52. The molecule has 2 amide bonds. The minimum absolute atomic E-state index is 0.000626. The molecule has 5 heteroatoms. The summed E-state index contributed by atoms with van der Waals surface area (Å²) in [5, 5.41) is 11.6. The molecule has 1 atom stereocenters. The lowest BCUT2D eigenvalue weighted by molar-refractivity contribution is -0.129. The van der Waals surface area contributed by atoms with Gasteiger partial charge >= 0.3 is 12.0 Å². The number of hydrogen-bond acceptors (Lipinski definition) is 2. The Morgan fingerprint density at radius 1 is 1.31 bits per heavy atom. The molecule has 0 aromatic rings. The van der Waals surface area contributed by atoms with Crippen molar-refractivity contribution >= 4 is 17.7 Å². The summed E-state index contributed by atoms with van der Waals surface area (Å²) >= 11 is 0. The average molecular weight is 224 g/mol. The van der Waals surface area contributed by atoms with Crippen LogP contribution in [0.25, 0.3) is 0 Å². The zero-order valence-electron chi connectivity index (χ0n) is 9.11. The number of carboxylic acids is 1. The van der Waals surface area contributed by atoms with Crippen LogP contribution in [-0.4, -0.2) is 28.9 Å². The summed E-state index contributed by atoms with van der Waals surface area (Å²) in [6, 6.07) is -0.532. The van der Waals surface area contributed by atoms with Crippen LogP contribution in [0.5, 0.6) is 0 Å². The van der Waals surface area contributed by atoms with Gasteiger partial charge in [0, 0.05) is 12.5 Å². The lowest BCUT2D eigenvalue weighted by Gasteiger charge is -2.32. The second kappa shape index (κ2) is 4.63. The SMILES string of the molecule is O=C1N=C(C(=O)O)CC(C2CCCCC2)N1. The van der Waals surface area contributed by atoms with E-state index in [0.29, 0.717) is 12.3 Å². The first kappa shape index (κ1) is 11.1. The number of urea groups is 1. The van der Waals surface area contributed by atoms with Crippen molar-refractivity contribution in [3.8, 4) is 0 Å². The Balaban J connectivity index is 2.04. The molecule has 2 rings (SSSR count).